The van der Waals surface area contributed by atoms with Crippen molar-refractivity contribution in [1.29, 1.82) is 0 Å². The van der Waals surface area contributed by atoms with E-state index in [4.69, 9.17) is 16.3 Å². The average molecular weight is 410 g/mol. The minimum Gasteiger partial charge on any atom is -0.490 e. The molecule has 0 aliphatic heterocycles. The van der Waals surface area contributed by atoms with Gasteiger partial charge in [-0.2, -0.15) is 4.98 Å². The third-order valence-corrected chi connectivity index (χ3v) is 4.26. The van der Waals surface area contributed by atoms with Crippen LogP contribution < -0.4 is 15.6 Å². The van der Waals surface area contributed by atoms with Crippen LogP contribution in [0.2, 0.25) is 5.02 Å². The predicted molar refractivity (Wildman–Crippen MR) is 99.9 cm³/mol. The van der Waals surface area contributed by atoms with Crippen LogP contribution in [0.4, 0.5) is 24.8 Å². The third kappa shape index (κ3) is 4.28. The molecule has 0 aliphatic carbocycles. The van der Waals surface area contributed by atoms with E-state index in [0.717, 1.165) is 18.2 Å². The molecule has 3 rings (SSSR count). The fraction of sp³-hybridized carbons (Fsp3) is 0.158. The summed E-state index contributed by atoms with van der Waals surface area (Å²) in [5.74, 6) is -2.02. The van der Waals surface area contributed by atoms with Gasteiger partial charge in [0.25, 0.3) is 0 Å². The van der Waals surface area contributed by atoms with E-state index in [1.54, 1.807) is 6.92 Å². The molecule has 0 saturated heterocycles. The summed E-state index contributed by atoms with van der Waals surface area (Å²) in [6, 6.07) is 5.68. The lowest BCUT2D eigenvalue weighted by atomic mass is 10.2. The van der Waals surface area contributed by atoms with Gasteiger partial charge in [0.15, 0.2) is 0 Å². The van der Waals surface area contributed by atoms with E-state index in [1.165, 1.54) is 30.0 Å². The van der Waals surface area contributed by atoms with Crippen molar-refractivity contribution in [2.75, 3.05) is 12.4 Å². The molecule has 0 aliphatic rings. The number of hydrogen-bond acceptors (Lipinski definition) is 4. The Bertz CT molecular complexity index is 1080. The predicted octanol–water partition coefficient (Wildman–Crippen LogP) is 4.42. The van der Waals surface area contributed by atoms with Crippen LogP contribution in [0.15, 0.2) is 41.3 Å². The van der Waals surface area contributed by atoms with Gasteiger partial charge >= 0.3 is 5.56 Å². The molecule has 146 valence electrons. The maximum atomic E-state index is 13.6. The minimum absolute atomic E-state index is 0.00533. The average Bonchev–Trinajstić information content (AvgIpc) is 2.61. The van der Waals surface area contributed by atoms with Crippen LogP contribution >= 0.6 is 11.6 Å². The maximum absolute atomic E-state index is 13.6. The van der Waals surface area contributed by atoms with Crippen LogP contribution in [-0.2, 0) is 6.54 Å². The Morgan fingerprint density at radius 1 is 1.14 bits per heavy atom. The van der Waals surface area contributed by atoms with Crippen LogP contribution in [0.3, 0.4) is 0 Å². The van der Waals surface area contributed by atoms with Gasteiger partial charge in [0.1, 0.15) is 17.5 Å². The first-order chi connectivity index (χ1) is 13.3. The molecule has 0 saturated carbocycles. The van der Waals surface area contributed by atoms with E-state index in [2.05, 4.69) is 10.3 Å². The molecule has 0 atom stereocenters. The Labute approximate surface area is 163 Å². The normalized spacial score (nSPS) is 10.8. The van der Waals surface area contributed by atoms with Gasteiger partial charge in [-0.15, -0.1) is 0 Å². The second kappa shape index (κ2) is 7.93. The summed E-state index contributed by atoms with van der Waals surface area (Å²) < 4.78 is 47.1. The van der Waals surface area contributed by atoms with E-state index in [0.29, 0.717) is 16.8 Å². The number of halogens is 4. The summed E-state index contributed by atoms with van der Waals surface area (Å²) in [5.41, 5.74) is 0.609. The van der Waals surface area contributed by atoms with Crippen molar-refractivity contribution in [2.24, 2.45) is 0 Å². The molecule has 28 heavy (non-hydrogen) atoms. The molecule has 1 N–H and O–H groups in total. The van der Waals surface area contributed by atoms with Crippen LogP contribution in [0, 0.1) is 24.4 Å². The number of aromatic nitrogens is 2. The van der Waals surface area contributed by atoms with Gasteiger partial charge in [-0.3, -0.25) is 4.79 Å². The standard InChI is InChI=1S/C19H15ClF3N3O2/c1-10-3-15(23)14(20)7-16(10)24-19-25-18(27)17(28-2)9-26(19)8-11-4-12(21)6-13(22)5-11/h3-7,9H,8H2,1-2H3,(H,24,25,27). The molecule has 1 aromatic heterocycles. The number of methoxy groups -OCH3 is 1. The van der Waals surface area contributed by atoms with E-state index in [1.807, 2.05) is 0 Å². The number of hydrogen-bond donors (Lipinski definition) is 1. The van der Waals surface area contributed by atoms with Gasteiger partial charge < -0.3 is 14.6 Å². The molecular weight excluding hydrogens is 395 g/mol. The van der Waals surface area contributed by atoms with Crippen molar-refractivity contribution in [3.63, 3.8) is 0 Å². The third-order valence-electron chi connectivity index (χ3n) is 3.97. The van der Waals surface area contributed by atoms with Crippen LogP contribution in [0.25, 0.3) is 0 Å². The molecule has 0 bridgehead atoms. The van der Waals surface area contributed by atoms with Gasteiger partial charge in [-0.1, -0.05) is 11.6 Å². The first kappa shape index (κ1) is 19.8. The lowest BCUT2D eigenvalue weighted by Crippen LogP contribution is -2.19. The Morgan fingerprint density at radius 2 is 1.82 bits per heavy atom. The Kier molecular flexibility index (Phi) is 5.60. The van der Waals surface area contributed by atoms with Crippen molar-refractivity contribution in [1.82, 2.24) is 9.55 Å². The zero-order valence-electron chi connectivity index (χ0n) is 14.9. The molecule has 0 spiro atoms. The first-order valence-corrected chi connectivity index (χ1v) is 8.47. The number of rotatable bonds is 5. The summed E-state index contributed by atoms with van der Waals surface area (Å²) in [6.45, 7) is 1.64. The SMILES string of the molecule is COc1cn(Cc2cc(F)cc(F)c2)c(Nc2cc(Cl)c(F)cc2C)nc1=O. The monoisotopic (exact) mass is 409 g/mol. The topological polar surface area (TPSA) is 56.1 Å². The van der Waals surface area contributed by atoms with E-state index < -0.39 is 23.0 Å². The molecule has 0 radical (unpaired) electrons. The molecule has 2 aromatic carbocycles. The number of aryl methyl sites for hydroxylation is 1. The molecule has 0 unspecified atom stereocenters. The molecular formula is C19H15ClF3N3O2. The van der Waals surface area contributed by atoms with Crippen molar-refractivity contribution in [3.8, 4) is 5.75 Å². The highest BCUT2D eigenvalue weighted by molar-refractivity contribution is 6.31. The van der Waals surface area contributed by atoms with Gasteiger partial charge in [0, 0.05) is 11.8 Å². The van der Waals surface area contributed by atoms with Crippen molar-refractivity contribution in [2.45, 2.75) is 13.5 Å². The van der Waals surface area contributed by atoms with Crippen molar-refractivity contribution in [3.05, 3.63) is 80.5 Å². The number of benzene rings is 2. The second-order valence-electron chi connectivity index (χ2n) is 6.05. The zero-order valence-corrected chi connectivity index (χ0v) is 15.6. The molecule has 9 heteroatoms. The molecule has 1 heterocycles. The Balaban J connectivity index is 2.06. The summed E-state index contributed by atoms with van der Waals surface area (Å²) in [7, 11) is 1.31. The van der Waals surface area contributed by atoms with Gasteiger partial charge in [-0.05, 0) is 42.3 Å². The van der Waals surface area contributed by atoms with Crippen molar-refractivity contribution < 1.29 is 17.9 Å². The summed E-state index contributed by atoms with van der Waals surface area (Å²) >= 11 is 5.83. The lowest BCUT2D eigenvalue weighted by Gasteiger charge is -2.17. The van der Waals surface area contributed by atoms with Gasteiger partial charge in [0.2, 0.25) is 11.7 Å². The summed E-state index contributed by atoms with van der Waals surface area (Å²) in [4.78, 5) is 16.0. The quantitative estimate of drug-likeness (QED) is 0.677. The van der Waals surface area contributed by atoms with Gasteiger partial charge in [-0.25, -0.2) is 13.2 Å². The molecule has 5 nitrogen and oxygen atoms in total. The van der Waals surface area contributed by atoms with E-state index >= 15 is 0 Å². The molecule has 0 amide bonds. The Morgan fingerprint density at radius 3 is 2.46 bits per heavy atom. The highest BCUT2D eigenvalue weighted by Gasteiger charge is 2.13. The largest absolute Gasteiger partial charge is 0.490 e. The molecule has 0 fully saturated rings. The smallest absolute Gasteiger partial charge is 0.316 e. The van der Waals surface area contributed by atoms with Crippen molar-refractivity contribution >= 4 is 23.2 Å². The lowest BCUT2D eigenvalue weighted by molar-refractivity contribution is 0.402. The fourth-order valence-electron chi connectivity index (χ4n) is 2.63. The number of nitrogens with one attached hydrogen (secondary N) is 1. The summed E-state index contributed by atoms with van der Waals surface area (Å²) in [5, 5.41) is 2.80. The van der Waals surface area contributed by atoms with Gasteiger partial charge in [0.05, 0.1) is 24.9 Å². The first-order valence-electron chi connectivity index (χ1n) is 8.10. The van der Waals surface area contributed by atoms with Crippen LogP contribution in [0.1, 0.15) is 11.1 Å². The van der Waals surface area contributed by atoms with Crippen LogP contribution in [-0.4, -0.2) is 16.7 Å². The molecule has 3 aromatic rings. The maximum Gasteiger partial charge on any atom is 0.316 e. The highest BCUT2D eigenvalue weighted by atomic mass is 35.5. The minimum atomic E-state index is -0.730. The summed E-state index contributed by atoms with van der Waals surface area (Å²) in [6.07, 6.45) is 1.36. The van der Waals surface area contributed by atoms with Crippen LogP contribution in [0.5, 0.6) is 5.75 Å². The number of anilines is 2. The highest BCUT2D eigenvalue weighted by Crippen LogP contribution is 2.26. The number of ether oxygens (including phenoxy) is 1. The number of nitrogens with zero attached hydrogens (tertiary/aromatic N) is 2. The second-order valence-corrected chi connectivity index (χ2v) is 6.46. The zero-order chi connectivity index (χ0) is 20.4. The van der Waals surface area contributed by atoms with E-state index in [9.17, 15) is 18.0 Å². The van der Waals surface area contributed by atoms with E-state index in [-0.39, 0.29) is 23.3 Å². The fourth-order valence-corrected chi connectivity index (χ4v) is 2.80. The Hall–Kier alpha value is -3.00.